The number of hydrogen-bond donors (Lipinski definition) is 1. The molecule has 1 aromatic carbocycles. The van der Waals surface area contributed by atoms with Crippen LogP contribution in [0.2, 0.25) is 0 Å². The second-order valence-corrected chi connectivity index (χ2v) is 3.72. The Kier molecular flexibility index (Phi) is 2.44. The van der Waals surface area contributed by atoms with E-state index in [2.05, 4.69) is 33.4 Å². The van der Waals surface area contributed by atoms with Crippen molar-refractivity contribution in [1.29, 1.82) is 0 Å². The fourth-order valence-electron chi connectivity index (χ4n) is 1.33. The van der Waals surface area contributed by atoms with Crippen LogP contribution in [0.1, 0.15) is 11.7 Å². The molecule has 1 saturated heterocycles. The number of ether oxygens (including phenoxy) is 1. The van der Waals surface area contributed by atoms with Crippen molar-refractivity contribution in [3.63, 3.8) is 0 Å². The van der Waals surface area contributed by atoms with Gasteiger partial charge in [-0.05, 0) is 17.7 Å². The van der Waals surface area contributed by atoms with Crippen LogP contribution < -0.4 is 5.32 Å². The van der Waals surface area contributed by atoms with Crippen LogP contribution in [0, 0.1) is 0 Å². The van der Waals surface area contributed by atoms with Crippen LogP contribution in [0.15, 0.2) is 28.7 Å². The maximum atomic E-state index is 5.46. The minimum atomic E-state index is 0.225. The number of hydrogen-bond acceptors (Lipinski definition) is 2. The summed E-state index contributed by atoms with van der Waals surface area (Å²) in [5.74, 6) is 0. The van der Waals surface area contributed by atoms with Gasteiger partial charge in [-0.2, -0.15) is 0 Å². The zero-order valence-corrected chi connectivity index (χ0v) is 8.17. The zero-order valence-electron chi connectivity index (χ0n) is 6.59. The summed E-state index contributed by atoms with van der Waals surface area (Å²) in [4.78, 5) is 0. The summed E-state index contributed by atoms with van der Waals surface area (Å²) in [6.45, 7) is 1.58. The van der Waals surface area contributed by atoms with Crippen LogP contribution in [-0.2, 0) is 4.74 Å². The lowest BCUT2D eigenvalue weighted by Gasteiger charge is -2.08. The summed E-state index contributed by atoms with van der Waals surface area (Å²) in [5, 5.41) is 3.15. The molecule has 2 rings (SSSR count). The molecule has 64 valence electrons. The van der Waals surface area contributed by atoms with Crippen molar-refractivity contribution in [3.8, 4) is 0 Å². The number of benzene rings is 1. The lowest BCUT2D eigenvalue weighted by atomic mass is 10.1. The van der Waals surface area contributed by atoms with E-state index in [9.17, 15) is 0 Å². The standard InChI is InChI=1S/C9H10BrNO/c10-8-3-1-2-7(4-8)9-5-11-6-12-9/h1-4,9,11H,5-6H2. The highest BCUT2D eigenvalue weighted by molar-refractivity contribution is 9.10. The van der Waals surface area contributed by atoms with Gasteiger partial charge in [0.15, 0.2) is 0 Å². The summed E-state index contributed by atoms with van der Waals surface area (Å²) in [6.07, 6.45) is 0.225. The first kappa shape index (κ1) is 8.23. The lowest BCUT2D eigenvalue weighted by Crippen LogP contribution is -2.07. The molecule has 0 aromatic heterocycles. The topological polar surface area (TPSA) is 21.3 Å². The predicted octanol–water partition coefficient (Wildman–Crippen LogP) is 2.07. The predicted molar refractivity (Wildman–Crippen MR) is 50.8 cm³/mol. The van der Waals surface area contributed by atoms with E-state index in [4.69, 9.17) is 4.74 Å². The van der Waals surface area contributed by atoms with Gasteiger partial charge in [-0.1, -0.05) is 28.1 Å². The van der Waals surface area contributed by atoms with Gasteiger partial charge in [0, 0.05) is 11.0 Å². The summed E-state index contributed by atoms with van der Waals surface area (Å²) < 4.78 is 6.57. The van der Waals surface area contributed by atoms with Gasteiger partial charge in [0.05, 0.1) is 12.8 Å². The second kappa shape index (κ2) is 3.56. The first-order valence-corrected chi connectivity index (χ1v) is 4.73. The van der Waals surface area contributed by atoms with Crippen LogP contribution in [-0.4, -0.2) is 13.3 Å². The first-order chi connectivity index (χ1) is 5.86. The van der Waals surface area contributed by atoms with Crippen LogP contribution in [0.3, 0.4) is 0 Å². The molecule has 0 bridgehead atoms. The largest absolute Gasteiger partial charge is 0.357 e. The molecule has 0 spiro atoms. The zero-order chi connectivity index (χ0) is 8.39. The average Bonchev–Trinajstić information content (AvgIpc) is 2.56. The number of rotatable bonds is 1. The molecule has 1 N–H and O–H groups in total. The molecule has 0 aliphatic carbocycles. The van der Waals surface area contributed by atoms with E-state index in [1.54, 1.807) is 0 Å². The normalized spacial score (nSPS) is 22.9. The first-order valence-electron chi connectivity index (χ1n) is 3.94. The van der Waals surface area contributed by atoms with E-state index in [0.717, 1.165) is 11.0 Å². The summed E-state index contributed by atoms with van der Waals surface area (Å²) in [6, 6.07) is 8.23. The van der Waals surface area contributed by atoms with Gasteiger partial charge in [-0.15, -0.1) is 0 Å². The van der Waals surface area contributed by atoms with E-state index in [-0.39, 0.29) is 6.10 Å². The molecule has 0 radical (unpaired) electrons. The third kappa shape index (κ3) is 1.68. The molecule has 12 heavy (non-hydrogen) atoms. The van der Waals surface area contributed by atoms with Crippen molar-refractivity contribution < 1.29 is 4.74 Å². The Morgan fingerprint density at radius 2 is 2.42 bits per heavy atom. The average molecular weight is 228 g/mol. The SMILES string of the molecule is Brc1cccc(C2CNCO2)c1. The van der Waals surface area contributed by atoms with E-state index < -0.39 is 0 Å². The van der Waals surface area contributed by atoms with Crippen LogP contribution >= 0.6 is 15.9 Å². The molecule has 1 aliphatic rings. The molecule has 1 aliphatic heterocycles. The van der Waals surface area contributed by atoms with Crippen molar-refractivity contribution in [2.24, 2.45) is 0 Å². The Hall–Kier alpha value is -0.380. The second-order valence-electron chi connectivity index (χ2n) is 2.81. The maximum absolute atomic E-state index is 5.46. The Morgan fingerprint density at radius 1 is 1.50 bits per heavy atom. The Balaban J connectivity index is 2.21. The minimum absolute atomic E-state index is 0.225. The van der Waals surface area contributed by atoms with Gasteiger partial charge in [0.25, 0.3) is 0 Å². The Morgan fingerprint density at radius 3 is 3.08 bits per heavy atom. The maximum Gasteiger partial charge on any atom is 0.0975 e. The van der Waals surface area contributed by atoms with Crippen LogP contribution in [0.5, 0.6) is 0 Å². The van der Waals surface area contributed by atoms with E-state index in [0.29, 0.717) is 6.73 Å². The van der Waals surface area contributed by atoms with E-state index >= 15 is 0 Å². The molecule has 3 heteroatoms. The van der Waals surface area contributed by atoms with Crippen molar-refractivity contribution >= 4 is 15.9 Å². The van der Waals surface area contributed by atoms with E-state index in [1.807, 2.05) is 12.1 Å². The third-order valence-electron chi connectivity index (χ3n) is 1.94. The van der Waals surface area contributed by atoms with Crippen molar-refractivity contribution in [1.82, 2.24) is 5.32 Å². The minimum Gasteiger partial charge on any atom is -0.357 e. The Bertz CT molecular complexity index is 271. The monoisotopic (exact) mass is 227 g/mol. The summed E-state index contributed by atoms with van der Waals surface area (Å²) in [7, 11) is 0. The lowest BCUT2D eigenvalue weighted by molar-refractivity contribution is 0.114. The highest BCUT2D eigenvalue weighted by atomic mass is 79.9. The molecule has 0 amide bonds. The van der Waals surface area contributed by atoms with Crippen molar-refractivity contribution in [2.45, 2.75) is 6.10 Å². The highest BCUT2D eigenvalue weighted by Crippen LogP contribution is 2.22. The van der Waals surface area contributed by atoms with Gasteiger partial charge in [0.1, 0.15) is 0 Å². The molecular weight excluding hydrogens is 218 g/mol. The third-order valence-corrected chi connectivity index (χ3v) is 2.43. The molecule has 0 saturated carbocycles. The van der Waals surface area contributed by atoms with Crippen LogP contribution in [0.25, 0.3) is 0 Å². The van der Waals surface area contributed by atoms with Gasteiger partial charge >= 0.3 is 0 Å². The van der Waals surface area contributed by atoms with Gasteiger partial charge in [-0.25, -0.2) is 0 Å². The van der Waals surface area contributed by atoms with Crippen molar-refractivity contribution in [3.05, 3.63) is 34.3 Å². The molecule has 1 unspecified atom stereocenters. The molecule has 2 nitrogen and oxygen atoms in total. The molecule has 1 aromatic rings. The fourth-order valence-corrected chi connectivity index (χ4v) is 1.75. The number of halogens is 1. The van der Waals surface area contributed by atoms with Gasteiger partial charge in [-0.3, -0.25) is 5.32 Å². The van der Waals surface area contributed by atoms with Crippen molar-refractivity contribution in [2.75, 3.05) is 13.3 Å². The smallest absolute Gasteiger partial charge is 0.0975 e. The Labute approximate surface area is 80.1 Å². The quantitative estimate of drug-likeness (QED) is 0.794. The molecular formula is C9H10BrNO. The fraction of sp³-hybridized carbons (Fsp3) is 0.333. The van der Waals surface area contributed by atoms with Gasteiger partial charge in [0.2, 0.25) is 0 Å². The summed E-state index contributed by atoms with van der Waals surface area (Å²) >= 11 is 3.43. The number of nitrogens with one attached hydrogen (secondary N) is 1. The van der Waals surface area contributed by atoms with Crippen LogP contribution in [0.4, 0.5) is 0 Å². The van der Waals surface area contributed by atoms with Gasteiger partial charge < -0.3 is 4.74 Å². The molecule has 1 atom stereocenters. The highest BCUT2D eigenvalue weighted by Gasteiger charge is 2.16. The van der Waals surface area contributed by atoms with E-state index in [1.165, 1.54) is 5.56 Å². The molecule has 1 fully saturated rings. The molecule has 1 heterocycles. The summed E-state index contributed by atoms with van der Waals surface area (Å²) in [5.41, 5.74) is 1.23.